The van der Waals surface area contributed by atoms with Crippen LogP contribution in [0.4, 0.5) is 30.4 Å². The molecule has 8 nitrogen and oxygen atoms in total. The van der Waals surface area contributed by atoms with E-state index in [1.807, 2.05) is 24.3 Å². The fourth-order valence-corrected chi connectivity index (χ4v) is 6.86. The summed E-state index contributed by atoms with van der Waals surface area (Å²) in [7, 11) is 0. The molecule has 11 heteroatoms. The molecule has 4 atom stereocenters. The van der Waals surface area contributed by atoms with Crippen molar-refractivity contribution in [2.45, 2.75) is 57.4 Å². The summed E-state index contributed by atoms with van der Waals surface area (Å²) >= 11 is 0. The minimum absolute atomic E-state index is 0.00161. The highest BCUT2D eigenvalue weighted by Gasteiger charge is 2.55. The Labute approximate surface area is 247 Å². The molecule has 4 aromatic rings. The molecule has 0 saturated carbocycles. The van der Waals surface area contributed by atoms with Crippen molar-refractivity contribution < 1.29 is 18.0 Å². The first kappa shape index (κ1) is 27.7. The number of halogens is 3. The van der Waals surface area contributed by atoms with Gasteiger partial charge in [-0.05, 0) is 60.4 Å². The lowest BCUT2D eigenvalue weighted by Crippen LogP contribution is -2.79. The van der Waals surface area contributed by atoms with Gasteiger partial charge in [-0.25, -0.2) is 22.7 Å². The van der Waals surface area contributed by atoms with Crippen molar-refractivity contribution in [2.75, 3.05) is 34.8 Å². The van der Waals surface area contributed by atoms with Crippen LogP contribution in [0.2, 0.25) is 0 Å². The van der Waals surface area contributed by atoms with E-state index in [-0.39, 0.29) is 46.6 Å². The average molecular weight is 590 g/mol. The largest absolute Gasteiger partial charge is 0.368 e. The molecule has 2 aromatic heterocycles. The molecule has 2 unspecified atom stereocenters. The highest BCUT2D eigenvalue weighted by atomic mass is 19.1. The van der Waals surface area contributed by atoms with Crippen LogP contribution in [-0.2, 0) is 0 Å². The van der Waals surface area contributed by atoms with Gasteiger partial charge in [0.15, 0.2) is 5.65 Å². The molecule has 0 aliphatic carbocycles. The Bertz CT molecular complexity index is 1690. The van der Waals surface area contributed by atoms with Gasteiger partial charge in [0.2, 0.25) is 0 Å². The van der Waals surface area contributed by atoms with Gasteiger partial charge in [0, 0.05) is 54.2 Å². The fourth-order valence-electron chi connectivity index (χ4n) is 6.86. The second-order valence-electron chi connectivity index (χ2n) is 13.0. The topological polar surface area (TPSA) is 77.8 Å². The summed E-state index contributed by atoms with van der Waals surface area (Å²) in [4.78, 5) is 22.0. The minimum Gasteiger partial charge on any atom is -0.368 e. The van der Waals surface area contributed by atoms with Crippen molar-refractivity contribution in [3.05, 3.63) is 83.7 Å². The zero-order valence-corrected chi connectivity index (χ0v) is 24.3. The van der Waals surface area contributed by atoms with Gasteiger partial charge in [-0.15, -0.1) is 0 Å². The Hall–Kier alpha value is -4.12. The zero-order chi connectivity index (χ0) is 30.1. The van der Waals surface area contributed by atoms with Crippen LogP contribution in [-0.4, -0.2) is 57.9 Å². The standard InChI is InChI=1S/C32H34F3N7O/c1-31(2,3)32-14-22(39-32)17-40(18-32)23-7-5-21(6-8-23)37-30(43)25-15-36-42-11-10-28(38-29(25)42)41-16-20(34)13-27(41)24-12-19(33)4-9-26(24)35/h4-12,15,20,22,27,39H,13-14,16-18H2,1-3H3,(H,37,43)/t20-,22?,27+,32?/m0/s1. The van der Waals surface area contributed by atoms with Crippen molar-refractivity contribution in [1.29, 1.82) is 0 Å². The van der Waals surface area contributed by atoms with E-state index in [9.17, 15) is 18.0 Å². The van der Waals surface area contributed by atoms with Crippen molar-refractivity contribution in [3.8, 4) is 0 Å². The molecule has 4 saturated heterocycles. The van der Waals surface area contributed by atoms with Crippen LogP contribution in [0, 0.1) is 17.0 Å². The highest BCUT2D eigenvalue weighted by molar-refractivity contribution is 6.08. The number of anilines is 3. The SMILES string of the molecule is CC(C)(C)C12CC(CN(c3ccc(NC(=O)c4cnn5ccc(N6C[C@@H](F)C[C@@H]6c6cc(F)ccc6F)nc45)cc3)C1)N2. The summed E-state index contributed by atoms with van der Waals surface area (Å²) in [5, 5.41) is 11.0. The number of piperazine rings is 1. The molecule has 43 heavy (non-hydrogen) atoms. The van der Waals surface area contributed by atoms with Gasteiger partial charge in [-0.1, -0.05) is 20.8 Å². The number of aromatic nitrogens is 3. The van der Waals surface area contributed by atoms with Crippen LogP contribution in [0.5, 0.6) is 0 Å². The van der Waals surface area contributed by atoms with Gasteiger partial charge in [0.1, 0.15) is 29.2 Å². The molecular formula is C32H34F3N7O. The predicted octanol–water partition coefficient (Wildman–Crippen LogP) is 5.52. The first-order valence-corrected chi connectivity index (χ1v) is 14.6. The molecule has 6 heterocycles. The van der Waals surface area contributed by atoms with E-state index in [0.29, 0.717) is 17.5 Å². The van der Waals surface area contributed by atoms with Crippen molar-refractivity contribution in [1.82, 2.24) is 19.9 Å². The number of hydrogen-bond acceptors (Lipinski definition) is 6. The lowest BCUT2D eigenvalue weighted by atomic mass is 9.62. The molecule has 4 aliphatic heterocycles. The molecular weight excluding hydrogens is 555 g/mol. The van der Waals surface area contributed by atoms with Crippen molar-refractivity contribution in [3.63, 3.8) is 0 Å². The second kappa shape index (κ2) is 9.97. The van der Waals surface area contributed by atoms with E-state index in [0.717, 1.165) is 37.0 Å². The number of amides is 1. The number of fused-ring (bicyclic) bond motifs is 3. The summed E-state index contributed by atoms with van der Waals surface area (Å²) in [6.45, 7) is 8.69. The molecule has 4 fully saturated rings. The summed E-state index contributed by atoms with van der Waals surface area (Å²) in [6.07, 6.45) is 3.00. The molecule has 2 aromatic carbocycles. The van der Waals surface area contributed by atoms with E-state index in [1.54, 1.807) is 17.2 Å². The third-order valence-corrected chi connectivity index (χ3v) is 9.36. The maximum absolute atomic E-state index is 14.6. The van der Waals surface area contributed by atoms with E-state index in [1.165, 1.54) is 17.1 Å². The Morgan fingerprint density at radius 1 is 1.09 bits per heavy atom. The molecule has 1 amide bonds. The normalized spacial score (nSPS) is 25.2. The van der Waals surface area contributed by atoms with Gasteiger partial charge < -0.3 is 20.4 Å². The monoisotopic (exact) mass is 589 g/mol. The van der Waals surface area contributed by atoms with Gasteiger partial charge >= 0.3 is 0 Å². The van der Waals surface area contributed by atoms with Crippen molar-refractivity contribution in [2.24, 2.45) is 5.41 Å². The summed E-state index contributed by atoms with van der Waals surface area (Å²) < 4.78 is 44.6. The smallest absolute Gasteiger partial charge is 0.261 e. The number of rotatable bonds is 5. The van der Waals surface area contributed by atoms with E-state index >= 15 is 0 Å². The van der Waals surface area contributed by atoms with Gasteiger partial charge in [-0.2, -0.15) is 5.10 Å². The number of piperidine rings is 1. The van der Waals surface area contributed by atoms with Crippen LogP contribution >= 0.6 is 0 Å². The lowest BCUT2D eigenvalue weighted by Gasteiger charge is -2.63. The maximum Gasteiger partial charge on any atom is 0.261 e. The molecule has 4 aliphatic rings. The third kappa shape index (κ3) is 4.79. The number of carbonyl (C=O) groups is 1. The van der Waals surface area contributed by atoms with E-state index in [4.69, 9.17) is 0 Å². The molecule has 0 spiro atoms. The highest BCUT2D eigenvalue weighted by Crippen LogP contribution is 2.45. The van der Waals surface area contributed by atoms with Gasteiger partial charge in [-0.3, -0.25) is 4.79 Å². The van der Waals surface area contributed by atoms with Gasteiger partial charge in [0.05, 0.1) is 18.8 Å². The van der Waals surface area contributed by atoms with Crippen LogP contribution in [0.15, 0.2) is 60.9 Å². The summed E-state index contributed by atoms with van der Waals surface area (Å²) in [6, 6.07) is 12.4. The third-order valence-electron chi connectivity index (χ3n) is 9.36. The van der Waals surface area contributed by atoms with Gasteiger partial charge in [0.25, 0.3) is 5.91 Å². The van der Waals surface area contributed by atoms with Crippen LogP contribution < -0.4 is 20.4 Å². The first-order valence-electron chi connectivity index (χ1n) is 14.6. The Morgan fingerprint density at radius 3 is 2.60 bits per heavy atom. The van der Waals surface area contributed by atoms with Crippen LogP contribution in [0.25, 0.3) is 5.65 Å². The van der Waals surface area contributed by atoms with E-state index < -0.39 is 23.8 Å². The number of benzene rings is 2. The fraction of sp³-hybridized carbons (Fsp3) is 0.406. The Kier molecular flexibility index (Phi) is 6.42. The lowest BCUT2D eigenvalue weighted by molar-refractivity contribution is 0.00666. The number of nitrogens with zero attached hydrogens (tertiary/aromatic N) is 5. The zero-order valence-electron chi connectivity index (χ0n) is 24.3. The average Bonchev–Trinajstić information content (AvgIpc) is 3.57. The number of carbonyl (C=O) groups excluding carboxylic acids is 1. The maximum atomic E-state index is 14.6. The molecule has 0 radical (unpaired) electrons. The quantitative estimate of drug-likeness (QED) is 0.320. The Balaban J connectivity index is 1.10. The minimum atomic E-state index is -1.24. The number of nitrogens with one attached hydrogen (secondary N) is 2. The Morgan fingerprint density at radius 2 is 1.86 bits per heavy atom. The molecule has 2 bridgehead atoms. The molecule has 8 rings (SSSR count). The van der Waals surface area contributed by atoms with Crippen molar-refractivity contribution >= 4 is 28.7 Å². The summed E-state index contributed by atoms with van der Waals surface area (Å²) in [5.74, 6) is -1.24. The number of alkyl halides is 1. The first-order chi connectivity index (χ1) is 20.5. The van der Waals surface area contributed by atoms with Crippen LogP contribution in [0.3, 0.4) is 0 Å². The van der Waals surface area contributed by atoms with E-state index in [2.05, 4.69) is 46.4 Å². The molecule has 224 valence electrons. The second-order valence-corrected chi connectivity index (χ2v) is 13.0. The predicted molar refractivity (Wildman–Crippen MR) is 159 cm³/mol. The van der Waals surface area contributed by atoms with Crippen LogP contribution in [0.1, 0.15) is 55.6 Å². The number of hydrogen-bond donors (Lipinski definition) is 2. The molecule has 2 N–H and O–H groups in total. The summed E-state index contributed by atoms with van der Waals surface area (Å²) in [5.41, 5.74) is 2.59.